The van der Waals surface area contributed by atoms with Crippen LogP contribution in [0.5, 0.6) is 0 Å². The third kappa shape index (κ3) is 2.17. The molecule has 0 spiro atoms. The standard InChI is InChI=1S/C16H11OS/c17-16(18)15-8-7-13-9-12(5-6-14(13)10-15)11-3-1-2-4-11/h1-10H,(H,17,18). The van der Waals surface area contributed by atoms with Crippen molar-refractivity contribution in [2.75, 3.05) is 0 Å². The summed E-state index contributed by atoms with van der Waals surface area (Å²) in [5.41, 5.74) is 1.82. The normalized spacial score (nSPS) is 16.3. The molecule has 0 saturated heterocycles. The second kappa shape index (κ2) is 4.77. The van der Waals surface area contributed by atoms with Crippen LogP contribution in [0.25, 0.3) is 10.8 Å². The van der Waals surface area contributed by atoms with Gasteiger partial charge in [-0.05, 0) is 54.2 Å². The zero-order chi connectivity index (χ0) is 12.5. The molecule has 0 heterocycles. The second-order valence-electron chi connectivity index (χ2n) is 4.26. The van der Waals surface area contributed by atoms with Crippen LogP contribution in [0.2, 0.25) is 0 Å². The molecule has 2 aromatic rings. The summed E-state index contributed by atoms with van der Waals surface area (Å²) in [5, 5.41) is 1.99. The van der Waals surface area contributed by atoms with Crippen molar-refractivity contribution in [1.82, 2.24) is 0 Å². The highest BCUT2D eigenvalue weighted by molar-refractivity contribution is 7.97. The minimum atomic E-state index is -0.197. The van der Waals surface area contributed by atoms with Gasteiger partial charge >= 0.3 is 0 Å². The van der Waals surface area contributed by atoms with Gasteiger partial charge in [0, 0.05) is 11.5 Å². The highest BCUT2D eigenvalue weighted by atomic mass is 32.1. The summed E-state index contributed by atoms with van der Waals surface area (Å²) in [6.45, 7) is 0. The van der Waals surface area contributed by atoms with E-state index in [4.69, 9.17) is 0 Å². The SMILES string of the molecule is O=C(S)c1ccc2cc([C]3[CH][CH][CH][CH]3)ccc2c1. The average molecular weight is 251 g/mol. The Morgan fingerprint density at radius 1 is 0.889 bits per heavy atom. The fourth-order valence-corrected chi connectivity index (χ4v) is 2.26. The molecule has 2 heteroatoms. The number of carbonyl (C=O) groups is 1. The van der Waals surface area contributed by atoms with Gasteiger partial charge in [-0.2, -0.15) is 0 Å². The Balaban J connectivity index is 2.02. The van der Waals surface area contributed by atoms with Gasteiger partial charge in [0.2, 0.25) is 5.12 Å². The van der Waals surface area contributed by atoms with Crippen LogP contribution in [0, 0.1) is 31.6 Å². The number of carbonyl (C=O) groups excluding carboxylic acids is 1. The quantitative estimate of drug-likeness (QED) is 0.806. The summed E-state index contributed by atoms with van der Waals surface area (Å²) < 4.78 is 0. The summed E-state index contributed by atoms with van der Waals surface area (Å²) in [6, 6.07) is 11.9. The smallest absolute Gasteiger partial charge is 0.216 e. The Bertz CT molecular complexity index is 597. The first-order valence-electron chi connectivity index (χ1n) is 5.73. The second-order valence-corrected chi connectivity index (χ2v) is 4.66. The molecule has 1 saturated carbocycles. The molecule has 0 atom stereocenters. The highest BCUT2D eigenvalue weighted by Crippen LogP contribution is 2.31. The van der Waals surface area contributed by atoms with Gasteiger partial charge in [0.25, 0.3) is 0 Å². The first-order chi connectivity index (χ1) is 8.74. The summed E-state index contributed by atoms with van der Waals surface area (Å²) in [7, 11) is 0. The summed E-state index contributed by atoms with van der Waals surface area (Å²) in [5.74, 6) is 1.21. The minimum absolute atomic E-state index is 0.197. The molecule has 0 amide bonds. The van der Waals surface area contributed by atoms with Gasteiger partial charge in [0.15, 0.2) is 0 Å². The third-order valence-electron chi connectivity index (χ3n) is 3.08. The Hall–Kier alpha value is -1.28. The fraction of sp³-hybridized carbons (Fsp3) is 0. The van der Waals surface area contributed by atoms with Crippen molar-refractivity contribution in [2.45, 2.75) is 0 Å². The van der Waals surface area contributed by atoms with Gasteiger partial charge in [-0.3, -0.25) is 4.79 Å². The van der Waals surface area contributed by atoms with Gasteiger partial charge in [-0.1, -0.05) is 24.3 Å². The Kier molecular flexibility index (Phi) is 3.13. The van der Waals surface area contributed by atoms with Crippen LogP contribution in [0.1, 0.15) is 15.9 Å². The predicted octanol–water partition coefficient (Wildman–Crippen LogP) is 3.66. The van der Waals surface area contributed by atoms with Crippen LogP contribution in [0.3, 0.4) is 0 Å². The topological polar surface area (TPSA) is 17.1 Å². The van der Waals surface area contributed by atoms with E-state index < -0.39 is 0 Å². The van der Waals surface area contributed by atoms with Crippen molar-refractivity contribution in [1.29, 1.82) is 0 Å². The molecule has 0 bridgehead atoms. The van der Waals surface area contributed by atoms with Gasteiger partial charge in [-0.15, -0.1) is 12.6 Å². The predicted molar refractivity (Wildman–Crippen MR) is 76.8 cm³/mol. The number of hydrogen-bond donors (Lipinski definition) is 1. The maximum atomic E-state index is 11.2. The lowest BCUT2D eigenvalue weighted by Crippen LogP contribution is -1.95. The number of hydrogen-bond acceptors (Lipinski definition) is 1. The minimum Gasteiger partial charge on any atom is -0.282 e. The van der Waals surface area contributed by atoms with Gasteiger partial charge in [0.1, 0.15) is 0 Å². The van der Waals surface area contributed by atoms with Crippen molar-refractivity contribution in [3.63, 3.8) is 0 Å². The molecule has 5 radical (unpaired) electrons. The molecule has 3 rings (SSSR count). The van der Waals surface area contributed by atoms with E-state index in [9.17, 15) is 4.79 Å². The highest BCUT2D eigenvalue weighted by Gasteiger charge is 2.18. The Labute approximate surface area is 113 Å². The van der Waals surface area contributed by atoms with E-state index in [0.717, 1.165) is 10.8 Å². The lowest BCUT2D eigenvalue weighted by molar-refractivity contribution is 0.109. The van der Waals surface area contributed by atoms with Crippen LogP contribution < -0.4 is 0 Å². The van der Waals surface area contributed by atoms with E-state index in [1.807, 2.05) is 37.1 Å². The number of fused-ring (bicyclic) bond motifs is 1. The van der Waals surface area contributed by atoms with E-state index in [1.54, 1.807) is 0 Å². The molecular weight excluding hydrogens is 240 g/mol. The Morgan fingerprint density at radius 3 is 2.28 bits per heavy atom. The molecule has 87 valence electrons. The molecule has 18 heavy (non-hydrogen) atoms. The van der Waals surface area contributed by atoms with E-state index in [-0.39, 0.29) is 5.12 Å². The molecule has 0 unspecified atom stereocenters. The number of benzene rings is 2. The summed E-state index contributed by atoms with van der Waals surface area (Å²) in [4.78, 5) is 11.2. The average Bonchev–Trinajstić information content (AvgIpc) is 2.91. The zero-order valence-electron chi connectivity index (χ0n) is 9.63. The lowest BCUT2D eigenvalue weighted by atomic mass is 9.95. The van der Waals surface area contributed by atoms with Crippen molar-refractivity contribution >= 4 is 28.5 Å². The largest absolute Gasteiger partial charge is 0.282 e. The fourth-order valence-electron chi connectivity index (χ4n) is 2.12. The van der Waals surface area contributed by atoms with Crippen molar-refractivity contribution in [3.05, 3.63) is 79.1 Å². The van der Waals surface area contributed by atoms with Crippen LogP contribution in [-0.4, -0.2) is 5.12 Å². The van der Waals surface area contributed by atoms with E-state index in [2.05, 4.69) is 37.6 Å². The molecule has 1 fully saturated rings. The lowest BCUT2D eigenvalue weighted by Gasteiger charge is -2.09. The molecule has 1 nitrogen and oxygen atoms in total. The third-order valence-corrected chi connectivity index (χ3v) is 3.34. The van der Waals surface area contributed by atoms with Gasteiger partial charge < -0.3 is 0 Å². The molecule has 0 N–H and O–H groups in total. The summed E-state index contributed by atoms with van der Waals surface area (Å²) >= 11 is 3.84. The molecule has 0 aromatic heterocycles. The van der Waals surface area contributed by atoms with E-state index >= 15 is 0 Å². The first kappa shape index (κ1) is 11.8. The molecule has 0 aliphatic heterocycles. The first-order valence-corrected chi connectivity index (χ1v) is 6.18. The molecule has 2 aromatic carbocycles. The van der Waals surface area contributed by atoms with Crippen molar-refractivity contribution < 1.29 is 4.79 Å². The van der Waals surface area contributed by atoms with Gasteiger partial charge in [-0.25, -0.2) is 0 Å². The van der Waals surface area contributed by atoms with E-state index in [0.29, 0.717) is 5.56 Å². The number of rotatable bonds is 2. The van der Waals surface area contributed by atoms with Crippen LogP contribution >= 0.6 is 12.6 Å². The monoisotopic (exact) mass is 251 g/mol. The van der Waals surface area contributed by atoms with Gasteiger partial charge in [0.05, 0.1) is 0 Å². The van der Waals surface area contributed by atoms with Crippen LogP contribution in [0.15, 0.2) is 36.4 Å². The zero-order valence-corrected chi connectivity index (χ0v) is 10.5. The Morgan fingerprint density at radius 2 is 1.56 bits per heavy atom. The van der Waals surface area contributed by atoms with Crippen LogP contribution in [0.4, 0.5) is 0 Å². The van der Waals surface area contributed by atoms with Crippen LogP contribution in [-0.2, 0) is 0 Å². The number of thiol groups is 1. The van der Waals surface area contributed by atoms with Crippen molar-refractivity contribution in [3.8, 4) is 0 Å². The van der Waals surface area contributed by atoms with E-state index in [1.165, 1.54) is 11.5 Å². The molecule has 1 aliphatic rings. The maximum absolute atomic E-state index is 11.2. The summed E-state index contributed by atoms with van der Waals surface area (Å²) in [6.07, 6.45) is 8.24. The van der Waals surface area contributed by atoms with Crippen molar-refractivity contribution in [2.24, 2.45) is 0 Å². The maximum Gasteiger partial charge on any atom is 0.216 e. The molecule has 1 aliphatic carbocycles. The molecular formula is C16H11OS.